The van der Waals surface area contributed by atoms with Crippen LogP contribution in [0.25, 0.3) is 0 Å². The maximum atomic E-state index is 13.5. The van der Waals surface area contributed by atoms with Gasteiger partial charge in [-0.05, 0) is 66.9 Å². The maximum absolute atomic E-state index is 13.5. The van der Waals surface area contributed by atoms with E-state index in [1.165, 1.54) is 19.2 Å². The number of hydrogen-bond donors (Lipinski definition) is 1. The van der Waals surface area contributed by atoms with Gasteiger partial charge in [-0.1, -0.05) is 6.07 Å². The minimum atomic E-state index is -4.96. The fourth-order valence-corrected chi connectivity index (χ4v) is 4.28. The van der Waals surface area contributed by atoms with Gasteiger partial charge in [-0.25, -0.2) is 4.39 Å². The van der Waals surface area contributed by atoms with Gasteiger partial charge in [0.2, 0.25) is 5.91 Å². The molecule has 0 aromatic heterocycles. The molecular formula is C23H24ClF7N2O. The average Bonchev–Trinajstić information content (AvgIpc) is 2.72. The van der Waals surface area contributed by atoms with E-state index in [4.69, 9.17) is 0 Å². The average molecular weight is 513 g/mol. The number of aryl methyl sites for hydroxylation is 1. The van der Waals surface area contributed by atoms with Gasteiger partial charge in [0.25, 0.3) is 0 Å². The van der Waals surface area contributed by atoms with Crippen LogP contribution in [0, 0.1) is 18.7 Å². The molecule has 1 saturated heterocycles. The van der Waals surface area contributed by atoms with E-state index in [0.29, 0.717) is 37.2 Å². The third-order valence-corrected chi connectivity index (χ3v) is 5.87. The van der Waals surface area contributed by atoms with E-state index < -0.39 is 47.7 Å². The summed E-state index contributed by atoms with van der Waals surface area (Å²) >= 11 is 0. The van der Waals surface area contributed by atoms with Crippen molar-refractivity contribution in [1.29, 1.82) is 0 Å². The van der Waals surface area contributed by atoms with E-state index in [9.17, 15) is 35.5 Å². The Labute approximate surface area is 198 Å². The van der Waals surface area contributed by atoms with Crippen molar-refractivity contribution < 1.29 is 35.5 Å². The van der Waals surface area contributed by atoms with Gasteiger partial charge in [-0.15, -0.1) is 12.4 Å². The first-order valence-corrected chi connectivity index (χ1v) is 10.3. The number of carbonyl (C=O) groups is 1. The van der Waals surface area contributed by atoms with Gasteiger partial charge in [-0.2, -0.15) is 26.3 Å². The summed E-state index contributed by atoms with van der Waals surface area (Å²) in [4.78, 5) is 14.4. The predicted molar refractivity (Wildman–Crippen MR) is 115 cm³/mol. The third-order valence-electron chi connectivity index (χ3n) is 5.87. The first-order valence-electron chi connectivity index (χ1n) is 10.3. The molecule has 3 rings (SSSR count). The van der Waals surface area contributed by atoms with Gasteiger partial charge in [0.1, 0.15) is 5.82 Å². The largest absolute Gasteiger partial charge is 0.416 e. The molecular weight excluding hydrogens is 489 g/mol. The van der Waals surface area contributed by atoms with Crippen LogP contribution in [0.5, 0.6) is 0 Å². The Bertz CT molecular complexity index is 991. The number of alkyl halides is 6. The predicted octanol–water partition coefficient (Wildman–Crippen LogP) is 5.95. The van der Waals surface area contributed by atoms with Crippen molar-refractivity contribution in [3.8, 4) is 0 Å². The van der Waals surface area contributed by atoms with Crippen molar-refractivity contribution in [3.05, 3.63) is 70.0 Å². The molecule has 3 nitrogen and oxygen atoms in total. The van der Waals surface area contributed by atoms with E-state index in [1.54, 1.807) is 13.0 Å². The molecule has 188 valence electrons. The van der Waals surface area contributed by atoms with E-state index in [0.717, 1.165) is 10.5 Å². The highest BCUT2D eigenvalue weighted by molar-refractivity contribution is 5.85. The smallest absolute Gasteiger partial charge is 0.341 e. The van der Waals surface area contributed by atoms with Crippen molar-refractivity contribution in [2.45, 2.75) is 38.2 Å². The SMILES string of the molecule is Cc1cc(F)ccc1[C@H]1CNCC[C@@H]1C(=O)N(C)Cc1cc(C(F)(F)F)cc(C(F)(F)F)c1.Cl. The molecule has 1 fully saturated rings. The highest BCUT2D eigenvalue weighted by atomic mass is 35.5. The Balaban J connectivity index is 0.00000408. The monoisotopic (exact) mass is 512 g/mol. The van der Waals surface area contributed by atoms with Crippen molar-refractivity contribution in [2.75, 3.05) is 20.1 Å². The second-order valence-corrected chi connectivity index (χ2v) is 8.32. The highest BCUT2D eigenvalue weighted by Crippen LogP contribution is 2.37. The Morgan fingerprint density at radius 3 is 2.15 bits per heavy atom. The van der Waals surface area contributed by atoms with Crippen LogP contribution in [0.3, 0.4) is 0 Å². The molecule has 0 saturated carbocycles. The maximum Gasteiger partial charge on any atom is 0.416 e. The molecule has 34 heavy (non-hydrogen) atoms. The van der Waals surface area contributed by atoms with Gasteiger partial charge < -0.3 is 10.2 Å². The lowest BCUT2D eigenvalue weighted by Crippen LogP contribution is -2.44. The van der Waals surface area contributed by atoms with Gasteiger partial charge in [-0.3, -0.25) is 4.79 Å². The summed E-state index contributed by atoms with van der Waals surface area (Å²) in [5, 5.41) is 3.18. The summed E-state index contributed by atoms with van der Waals surface area (Å²) in [6.07, 6.45) is -9.49. The lowest BCUT2D eigenvalue weighted by Gasteiger charge is -2.35. The van der Waals surface area contributed by atoms with Gasteiger partial charge in [0.05, 0.1) is 11.1 Å². The Hall–Kier alpha value is -2.33. The lowest BCUT2D eigenvalue weighted by atomic mass is 9.79. The van der Waals surface area contributed by atoms with Gasteiger partial charge in [0, 0.05) is 32.0 Å². The number of nitrogens with zero attached hydrogens (tertiary/aromatic N) is 1. The fraction of sp³-hybridized carbons (Fsp3) is 0.435. The summed E-state index contributed by atoms with van der Waals surface area (Å²) < 4.78 is 92.4. The number of hydrogen-bond acceptors (Lipinski definition) is 2. The molecule has 1 aliphatic heterocycles. The number of piperidine rings is 1. The number of halogens is 8. The van der Waals surface area contributed by atoms with Crippen LogP contribution in [-0.4, -0.2) is 30.9 Å². The first kappa shape index (κ1) is 27.9. The molecule has 1 aliphatic rings. The van der Waals surface area contributed by atoms with Crippen molar-refractivity contribution in [1.82, 2.24) is 10.2 Å². The van der Waals surface area contributed by atoms with Crippen LogP contribution in [0.15, 0.2) is 36.4 Å². The molecule has 1 heterocycles. The number of amides is 1. The minimum absolute atomic E-state index is 0. The number of carbonyl (C=O) groups excluding carboxylic acids is 1. The zero-order valence-electron chi connectivity index (χ0n) is 18.4. The standard InChI is InChI=1S/C23H23F7N2O.ClH/c1-13-7-17(24)3-4-18(13)20-11-31-6-5-19(20)21(33)32(2)12-14-8-15(22(25,26)27)10-16(9-14)23(28,29)30;/h3-4,7-10,19-20,31H,5-6,11-12H2,1-2H3;1H/t19-,20+;/m0./s1. The van der Waals surface area contributed by atoms with Gasteiger partial charge >= 0.3 is 12.4 Å². The molecule has 0 bridgehead atoms. The molecule has 11 heteroatoms. The van der Waals surface area contributed by atoms with Crippen molar-refractivity contribution in [2.24, 2.45) is 5.92 Å². The summed E-state index contributed by atoms with van der Waals surface area (Å²) in [5.41, 5.74) is -1.67. The molecule has 0 spiro atoms. The summed E-state index contributed by atoms with van der Waals surface area (Å²) in [5.74, 6) is -1.66. The molecule has 2 aromatic carbocycles. The van der Waals surface area contributed by atoms with Crippen LogP contribution >= 0.6 is 12.4 Å². The lowest BCUT2D eigenvalue weighted by molar-refractivity contribution is -0.143. The second kappa shape index (κ2) is 10.5. The quantitative estimate of drug-likeness (QED) is 0.514. The Kier molecular flexibility index (Phi) is 8.63. The highest BCUT2D eigenvalue weighted by Gasteiger charge is 2.38. The zero-order chi connectivity index (χ0) is 24.6. The fourth-order valence-electron chi connectivity index (χ4n) is 4.28. The van der Waals surface area contributed by atoms with Gasteiger partial charge in [0.15, 0.2) is 0 Å². The van der Waals surface area contributed by atoms with E-state index in [-0.39, 0.29) is 30.0 Å². The molecule has 0 unspecified atom stereocenters. The topological polar surface area (TPSA) is 32.3 Å². The molecule has 1 N–H and O–H groups in total. The van der Waals surface area contributed by atoms with E-state index in [2.05, 4.69) is 5.32 Å². The minimum Gasteiger partial charge on any atom is -0.341 e. The second-order valence-electron chi connectivity index (χ2n) is 8.32. The number of rotatable bonds is 4. The molecule has 0 radical (unpaired) electrons. The first-order chi connectivity index (χ1) is 15.3. The molecule has 2 atom stereocenters. The number of nitrogens with one attached hydrogen (secondary N) is 1. The Morgan fingerprint density at radius 2 is 1.62 bits per heavy atom. The van der Waals surface area contributed by atoms with Crippen LogP contribution in [0.1, 0.15) is 40.2 Å². The Morgan fingerprint density at radius 1 is 1.03 bits per heavy atom. The van der Waals surface area contributed by atoms with Crippen LogP contribution in [0.4, 0.5) is 30.7 Å². The molecule has 0 aliphatic carbocycles. The van der Waals surface area contributed by atoms with Crippen molar-refractivity contribution >= 4 is 18.3 Å². The normalized spacial score (nSPS) is 18.9. The summed E-state index contributed by atoms with van der Waals surface area (Å²) in [7, 11) is 1.35. The van der Waals surface area contributed by atoms with Crippen molar-refractivity contribution in [3.63, 3.8) is 0 Å². The number of benzene rings is 2. The van der Waals surface area contributed by atoms with Crippen LogP contribution < -0.4 is 5.32 Å². The third kappa shape index (κ3) is 6.41. The summed E-state index contributed by atoms with van der Waals surface area (Å²) in [6.45, 7) is 2.28. The van der Waals surface area contributed by atoms with Crippen LogP contribution in [0.2, 0.25) is 0 Å². The van der Waals surface area contributed by atoms with Crippen LogP contribution in [-0.2, 0) is 23.7 Å². The molecule has 2 aromatic rings. The molecule has 1 amide bonds. The van der Waals surface area contributed by atoms with E-state index in [1.807, 2.05) is 0 Å². The zero-order valence-corrected chi connectivity index (χ0v) is 19.2. The summed E-state index contributed by atoms with van der Waals surface area (Å²) in [6, 6.07) is 5.57. The van der Waals surface area contributed by atoms with E-state index >= 15 is 0 Å².